The van der Waals surface area contributed by atoms with Crippen LogP contribution in [0.3, 0.4) is 0 Å². The summed E-state index contributed by atoms with van der Waals surface area (Å²) in [6.07, 6.45) is 0. The smallest absolute Gasteiger partial charge is 0.269 e. The van der Waals surface area contributed by atoms with Gasteiger partial charge in [-0.05, 0) is 35.6 Å². The third-order valence-corrected chi connectivity index (χ3v) is 5.34. The fraction of sp³-hybridized carbons (Fsp3) is 0.278. The Morgan fingerprint density at radius 1 is 1.16 bits per heavy atom. The zero-order valence-corrected chi connectivity index (χ0v) is 14.7. The number of thioether (sulfide) groups is 1. The molecule has 0 spiro atoms. The molecule has 1 fully saturated rings. The molecule has 25 heavy (non-hydrogen) atoms. The van der Waals surface area contributed by atoms with Crippen LogP contribution in [0, 0.1) is 10.1 Å². The van der Waals surface area contributed by atoms with E-state index >= 15 is 0 Å². The lowest BCUT2D eigenvalue weighted by molar-refractivity contribution is -0.384. The molecule has 0 aliphatic carbocycles. The van der Waals surface area contributed by atoms with Crippen molar-refractivity contribution in [1.82, 2.24) is 0 Å². The van der Waals surface area contributed by atoms with Gasteiger partial charge in [-0.2, -0.15) is 0 Å². The van der Waals surface area contributed by atoms with Crippen LogP contribution in [-0.2, 0) is 4.79 Å². The summed E-state index contributed by atoms with van der Waals surface area (Å²) < 4.78 is 5.16. The van der Waals surface area contributed by atoms with Crippen LogP contribution < -0.4 is 9.64 Å². The third-order valence-electron chi connectivity index (χ3n) is 4.19. The molecular weight excluding hydrogens is 340 g/mol. The maximum atomic E-state index is 12.6. The van der Waals surface area contributed by atoms with Crippen LogP contribution in [0.4, 0.5) is 11.4 Å². The molecule has 0 saturated carbocycles. The van der Waals surface area contributed by atoms with Gasteiger partial charge in [0.1, 0.15) is 11.0 Å². The van der Waals surface area contributed by atoms with Crippen molar-refractivity contribution in [2.24, 2.45) is 0 Å². The minimum absolute atomic E-state index is 0.0464. The Bertz CT molecular complexity index is 777. The van der Waals surface area contributed by atoms with Crippen molar-refractivity contribution in [1.29, 1.82) is 0 Å². The number of benzene rings is 2. The number of nitro benzene ring substituents is 1. The standard InChI is InChI=1S/C18H18N2O4S/c1-3-25-17-16(12-4-6-14(7-5-12)20(22)23)19(18(17)21)13-8-10-15(24-2)11-9-13/h4-11,16-17H,3H2,1-2H3/t16-,17+/m1/s1. The molecule has 0 bridgehead atoms. The summed E-state index contributed by atoms with van der Waals surface area (Å²) >= 11 is 1.60. The number of ether oxygens (including phenoxy) is 1. The Morgan fingerprint density at radius 2 is 1.80 bits per heavy atom. The number of amides is 1. The molecule has 0 aromatic heterocycles. The minimum atomic E-state index is -0.421. The molecule has 1 saturated heterocycles. The normalized spacial score (nSPS) is 19.4. The summed E-state index contributed by atoms with van der Waals surface area (Å²) in [5.74, 6) is 1.61. The van der Waals surface area contributed by atoms with Gasteiger partial charge < -0.3 is 9.64 Å². The Labute approximate surface area is 149 Å². The molecule has 2 aromatic carbocycles. The van der Waals surface area contributed by atoms with Crippen molar-refractivity contribution in [3.05, 3.63) is 64.2 Å². The first-order chi connectivity index (χ1) is 12.1. The first-order valence-electron chi connectivity index (χ1n) is 7.90. The topological polar surface area (TPSA) is 72.7 Å². The lowest BCUT2D eigenvalue weighted by Crippen LogP contribution is -2.57. The van der Waals surface area contributed by atoms with E-state index in [1.165, 1.54) is 12.1 Å². The van der Waals surface area contributed by atoms with Gasteiger partial charge in [0, 0.05) is 17.8 Å². The summed E-state index contributed by atoms with van der Waals surface area (Å²) in [7, 11) is 1.59. The monoisotopic (exact) mass is 358 g/mol. The summed E-state index contributed by atoms with van der Waals surface area (Å²) in [6, 6.07) is 13.6. The second-order valence-electron chi connectivity index (χ2n) is 5.58. The summed E-state index contributed by atoms with van der Waals surface area (Å²) in [5.41, 5.74) is 1.74. The fourth-order valence-electron chi connectivity index (χ4n) is 2.95. The van der Waals surface area contributed by atoms with Gasteiger partial charge in [-0.3, -0.25) is 14.9 Å². The largest absolute Gasteiger partial charge is 0.497 e. The van der Waals surface area contributed by atoms with Crippen molar-refractivity contribution < 1.29 is 14.5 Å². The van der Waals surface area contributed by atoms with Crippen LogP contribution >= 0.6 is 11.8 Å². The van der Waals surface area contributed by atoms with Gasteiger partial charge in [0.25, 0.3) is 5.69 Å². The molecule has 130 valence electrons. The highest BCUT2D eigenvalue weighted by Gasteiger charge is 2.48. The number of carbonyl (C=O) groups is 1. The van der Waals surface area contributed by atoms with Crippen molar-refractivity contribution in [3.63, 3.8) is 0 Å². The first-order valence-corrected chi connectivity index (χ1v) is 8.94. The van der Waals surface area contributed by atoms with Gasteiger partial charge in [0.2, 0.25) is 5.91 Å². The van der Waals surface area contributed by atoms with E-state index in [0.29, 0.717) is 0 Å². The van der Waals surface area contributed by atoms with Crippen molar-refractivity contribution in [2.45, 2.75) is 18.2 Å². The molecule has 1 amide bonds. The molecule has 2 aromatic rings. The van der Waals surface area contributed by atoms with Gasteiger partial charge in [0.05, 0.1) is 18.1 Å². The number of non-ortho nitro benzene ring substituents is 1. The highest BCUT2D eigenvalue weighted by atomic mass is 32.2. The van der Waals surface area contributed by atoms with Crippen molar-refractivity contribution in [3.8, 4) is 5.75 Å². The lowest BCUT2D eigenvalue weighted by atomic mass is 9.92. The number of methoxy groups -OCH3 is 1. The third kappa shape index (κ3) is 3.19. The molecule has 0 radical (unpaired) electrons. The number of hydrogen-bond acceptors (Lipinski definition) is 5. The number of nitro groups is 1. The number of β-lactam (4-membered cyclic amide) rings is 1. The van der Waals surface area contributed by atoms with E-state index in [-0.39, 0.29) is 22.9 Å². The van der Waals surface area contributed by atoms with E-state index in [4.69, 9.17) is 4.74 Å². The molecule has 2 atom stereocenters. The second-order valence-corrected chi connectivity index (χ2v) is 6.99. The highest BCUT2D eigenvalue weighted by molar-refractivity contribution is 8.00. The molecule has 6 nitrogen and oxygen atoms in total. The van der Waals surface area contributed by atoms with Crippen LogP contribution in [0.25, 0.3) is 0 Å². The van der Waals surface area contributed by atoms with Gasteiger partial charge >= 0.3 is 0 Å². The van der Waals surface area contributed by atoms with E-state index in [2.05, 4.69) is 0 Å². The highest BCUT2D eigenvalue weighted by Crippen LogP contribution is 2.45. The Kier molecular flexibility index (Phi) is 4.94. The number of nitrogens with zero attached hydrogens (tertiary/aromatic N) is 2. The van der Waals surface area contributed by atoms with Crippen LogP contribution in [0.15, 0.2) is 48.5 Å². The van der Waals surface area contributed by atoms with Crippen molar-refractivity contribution in [2.75, 3.05) is 17.8 Å². The molecule has 7 heteroatoms. The molecule has 1 heterocycles. The molecule has 0 N–H and O–H groups in total. The maximum absolute atomic E-state index is 12.6. The SMILES string of the molecule is CCS[C@@H]1C(=O)N(c2ccc(OC)cc2)[C@@H]1c1ccc([N+](=O)[O-])cc1. The number of hydrogen-bond donors (Lipinski definition) is 0. The zero-order valence-electron chi connectivity index (χ0n) is 13.9. The van der Waals surface area contributed by atoms with Crippen LogP contribution in [-0.4, -0.2) is 28.9 Å². The average Bonchev–Trinajstić information content (AvgIpc) is 2.64. The molecule has 3 rings (SSSR count). The van der Waals surface area contributed by atoms with Crippen LogP contribution in [0.5, 0.6) is 5.75 Å². The van der Waals surface area contributed by atoms with Gasteiger partial charge in [0.15, 0.2) is 0 Å². The number of carbonyl (C=O) groups excluding carboxylic acids is 1. The molecular formula is C18H18N2O4S. The van der Waals surface area contributed by atoms with E-state index in [1.807, 2.05) is 31.2 Å². The second kappa shape index (κ2) is 7.14. The van der Waals surface area contributed by atoms with Crippen LogP contribution in [0.2, 0.25) is 0 Å². The molecule has 1 aliphatic heterocycles. The van der Waals surface area contributed by atoms with E-state index in [1.54, 1.807) is 35.9 Å². The number of rotatable bonds is 6. The molecule has 1 aliphatic rings. The zero-order chi connectivity index (χ0) is 18.0. The van der Waals surface area contributed by atoms with Crippen LogP contribution in [0.1, 0.15) is 18.5 Å². The minimum Gasteiger partial charge on any atom is -0.497 e. The predicted molar refractivity (Wildman–Crippen MR) is 98.2 cm³/mol. The summed E-state index contributed by atoms with van der Waals surface area (Å²) in [6.45, 7) is 2.01. The summed E-state index contributed by atoms with van der Waals surface area (Å²) in [4.78, 5) is 24.8. The Balaban J connectivity index is 1.93. The summed E-state index contributed by atoms with van der Waals surface area (Å²) in [5, 5.41) is 10.7. The van der Waals surface area contributed by atoms with E-state index < -0.39 is 4.92 Å². The van der Waals surface area contributed by atoms with Gasteiger partial charge in [-0.1, -0.05) is 19.1 Å². The first kappa shape index (κ1) is 17.3. The average molecular weight is 358 g/mol. The predicted octanol–water partition coefficient (Wildman–Crippen LogP) is 3.81. The van der Waals surface area contributed by atoms with E-state index in [9.17, 15) is 14.9 Å². The Hall–Kier alpha value is -2.54. The maximum Gasteiger partial charge on any atom is 0.269 e. The lowest BCUT2D eigenvalue weighted by Gasteiger charge is -2.47. The quantitative estimate of drug-likeness (QED) is 0.446. The fourth-order valence-corrected chi connectivity index (χ4v) is 4.03. The van der Waals surface area contributed by atoms with E-state index in [0.717, 1.165) is 22.8 Å². The number of anilines is 1. The van der Waals surface area contributed by atoms with Crippen molar-refractivity contribution >= 4 is 29.0 Å². The van der Waals surface area contributed by atoms with Gasteiger partial charge in [-0.15, -0.1) is 11.8 Å². The molecule has 0 unspecified atom stereocenters. The van der Waals surface area contributed by atoms with Gasteiger partial charge in [-0.25, -0.2) is 0 Å². The Morgan fingerprint density at radius 3 is 2.32 bits per heavy atom.